The van der Waals surface area contributed by atoms with Gasteiger partial charge in [0.1, 0.15) is 5.69 Å². The molecule has 0 N–H and O–H groups in total. The van der Waals surface area contributed by atoms with Gasteiger partial charge >= 0.3 is 0 Å². The van der Waals surface area contributed by atoms with Crippen LogP contribution in [0.5, 0.6) is 0 Å². The molecule has 1 atom stereocenters. The summed E-state index contributed by atoms with van der Waals surface area (Å²) in [5.74, 6) is -0.0843. The van der Waals surface area contributed by atoms with Crippen LogP contribution in [-0.2, 0) is 11.2 Å². The van der Waals surface area contributed by atoms with E-state index in [0.29, 0.717) is 30.5 Å². The van der Waals surface area contributed by atoms with E-state index in [1.54, 1.807) is 18.3 Å². The molecular weight excluding hydrogens is 312 g/mol. The van der Waals surface area contributed by atoms with Crippen molar-refractivity contribution in [2.45, 2.75) is 18.9 Å². The summed E-state index contributed by atoms with van der Waals surface area (Å²) < 4.78 is 5.46. The first-order valence-corrected chi connectivity index (χ1v) is 8.16. The van der Waals surface area contributed by atoms with Gasteiger partial charge in [0.25, 0.3) is 5.91 Å². The number of aromatic nitrogens is 1. The SMILES string of the molecule is O=C(c1cc(Cl)ccn1)N(CCc1ccccc1)[C@H]1CCOC1. The number of carbonyl (C=O) groups excluding carboxylic acids is 1. The van der Waals surface area contributed by atoms with Crippen LogP contribution in [-0.4, -0.2) is 41.6 Å². The summed E-state index contributed by atoms with van der Waals surface area (Å²) >= 11 is 5.99. The molecule has 0 saturated carbocycles. The molecule has 23 heavy (non-hydrogen) atoms. The van der Waals surface area contributed by atoms with Crippen molar-refractivity contribution in [1.82, 2.24) is 9.88 Å². The van der Waals surface area contributed by atoms with E-state index < -0.39 is 0 Å². The second kappa shape index (κ2) is 7.57. The highest BCUT2D eigenvalue weighted by atomic mass is 35.5. The van der Waals surface area contributed by atoms with Gasteiger partial charge in [-0.25, -0.2) is 0 Å². The molecule has 0 unspecified atom stereocenters. The molecule has 5 heteroatoms. The number of amides is 1. The van der Waals surface area contributed by atoms with E-state index in [2.05, 4.69) is 17.1 Å². The van der Waals surface area contributed by atoms with Gasteiger partial charge in [0.2, 0.25) is 0 Å². The van der Waals surface area contributed by atoms with Gasteiger partial charge in [-0.3, -0.25) is 9.78 Å². The van der Waals surface area contributed by atoms with E-state index in [-0.39, 0.29) is 11.9 Å². The zero-order valence-corrected chi connectivity index (χ0v) is 13.6. The molecule has 4 nitrogen and oxygen atoms in total. The highest BCUT2D eigenvalue weighted by molar-refractivity contribution is 6.30. The van der Waals surface area contributed by atoms with Gasteiger partial charge in [0.05, 0.1) is 12.6 Å². The minimum atomic E-state index is -0.0843. The number of carbonyl (C=O) groups is 1. The molecule has 1 aliphatic heterocycles. The fourth-order valence-corrected chi connectivity index (χ4v) is 2.94. The molecule has 0 spiro atoms. The highest BCUT2D eigenvalue weighted by Crippen LogP contribution is 2.18. The van der Waals surface area contributed by atoms with Crippen LogP contribution in [0.4, 0.5) is 0 Å². The van der Waals surface area contributed by atoms with E-state index in [9.17, 15) is 4.79 Å². The number of pyridine rings is 1. The van der Waals surface area contributed by atoms with Gasteiger partial charge in [0.15, 0.2) is 0 Å². The van der Waals surface area contributed by atoms with Crippen molar-refractivity contribution in [2.24, 2.45) is 0 Å². The van der Waals surface area contributed by atoms with Crippen molar-refractivity contribution < 1.29 is 9.53 Å². The third-order valence-corrected chi connectivity index (χ3v) is 4.27. The lowest BCUT2D eigenvalue weighted by Gasteiger charge is -2.28. The fourth-order valence-electron chi connectivity index (χ4n) is 2.78. The second-order valence-corrected chi connectivity index (χ2v) is 6.05. The van der Waals surface area contributed by atoms with E-state index in [4.69, 9.17) is 16.3 Å². The Bertz CT molecular complexity index is 657. The lowest BCUT2D eigenvalue weighted by molar-refractivity contribution is 0.0650. The zero-order chi connectivity index (χ0) is 16.1. The van der Waals surface area contributed by atoms with E-state index >= 15 is 0 Å². The number of rotatable bonds is 5. The summed E-state index contributed by atoms with van der Waals surface area (Å²) in [6.07, 6.45) is 3.24. The number of benzene rings is 1. The first-order valence-electron chi connectivity index (χ1n) is 7.78. The Balaban J connectivity index is 1.76. The lowest BCUT2D eigenvalue weighted by atomic mass is 10.1. The van der Waals surface area contributed by atoms with Crippen molar-refractivity contribution in [3.8, 4) is 0 Å². The maximum atomic E-state index is 12.9. The molecule has 3 rings (SSSR count). The van der Waals surface area contributed by atoms with E-state index in [1.807, 2.05) is 23.1 Å². The molecule has 1 aromatic carbocycles. The molecule has 1 amide bonds. The summed E-state index contributed by atoms with van der Waals surface area (Å²) in [6, 6.07) is 13.6. The largest absolute Gasteiger partial charge is 0.379 e. The summed E-state index contributed by atoms with van der Waals surface area (Å²) in [6.45, 7) is 1.93. The predicted octanol–water partition coefficient (Wildman–Crippen LogP) is 3.21. The van der Waals surface area contributed by atoms with Crippen LogP contribution in [0.25, 0.3) is 0 Å². The normalized spacial score (nSPS) is 17.2. The number of nitrogens with zero attached hydrogens (tertiary/aromatic N) is 2. The molecular formula is C18H19ClN2O2. The fraction of sp³-hybridized carbons (Fsp3) is 0.333. The van der Waals surface area contributed by atoms with Gasteiger partial charge in [0, 0.05) is 24.4 Å². The van der Waals surface area contributed by atoms with Crippen LogP contribution in [0.15, 0.2) is 48.7 Å². The Labute approximate surface area is 141 Å². The quantitative estimate of drug-likeness (QED) is 0.845. The molecule has 0 radical (unpaired) electrons. The van der Waals surface area contributed by atoms with E-state index in [0.717, 1.165) is 12.8 Å². The lowest BCUT2D eigenvalue weighted by Crippen LogP contribution is -2.42. The van der Waals surface area contributed by atoms with Crippen molar-refractivity contribution in [3.05, 3.63) is 64.9 Å². The average molecular weight is 331 g/mol. The summed E-state index contributed by atoms with van der Waals surface area (Å²) in [5.41, 5.74) is 1.60. The van der Waals surface area contributed by atoms with Gasteiger partial charge < -0.3 is 9.64 Å². The topological polar surface area (TPSA) is 42.4 Å². The minimum absolute atomic E-state index is 0.0843. The maximum Gasteiger partial charge on any atom is 0.272 e. The number of halogens is 1. The molecule has 1 aromatic heterocycles. The molecule has 1 saturated heterocycles. The van der Waals surface area contributed by atoms with Crippen molar-refractivity contribution >= 4 is 17.5 Å². The summed E-state index contributed by atoms with van der Waals surface area (Å²) in [4.78, 5) is 18.9. The van der Waals surface area contributed by atoms with Gasteiger partial charge in [-0.1, -0.05) is 41.9 Å². The number of hydrogen-bond donors (Lipinski definition) is 0. The third kappa shape index (κ3) is 4.09. The average Bonchev–Trinajstić information content (AvgIpc) is 3.10. The highest BCUT2D eigenvalue weighted by Gasteiger charge is 2.28. The summed E-state index contributed by atoms with van der Waals surface area (Å²) in [7, 11) is 0. The molecule has 2 heterocycles. The Kier molecular flexibility index (Phi) is 5.26. The first-order chi connectivity index (χ1) is 11.2. The molecule has 120 valence electrons. The number of hydrogen-bond acceptors (Lipinski definition) is 3. The Hall–Kier alpha value is -1.91. The van der Waals surface area contributed by atoms with Crippen LogP contribution in [0.2, 0.25) is 5.02 Å². The number of ether oxygens (including phenoxy) is 1. The molecule has 1 fully saturated rings. The van der Waals surface area contributed by atoms with Crippen LogP contribution < -0.4 is 0 Å². The molecule has 0 aliphatic carbocycles. The van der Waals surface area contributed by atoms with Crippen LogP contribution in [0.3, 0.4) is 0 Å². The van der Waals surface area contributed by atoms with Crippen molar-refractivity contribution in [1.29, 1.82) is 0 Å². The Morgan fingerprint density at radius 1 is 1.30 bits per heavy atom. The van der Waals surface area contributed by atoms with Crippen LogP contribution in [0.1, 0.15) is 22.5 Å². The molecule has 1 aliphatic rings. The van der Waals surface area contributed by atoms with Crippen molar-refractivity contribution in [3.63, 3.8) is 0 Å². The van der Waals surface area contributed by atoms with Crippen LogP contribution in [0, 0.1) is 0 Å². The predicted molar refractivity (Wildman–Crippen MR) is 89.7 cm³/mol. The summed E-state index contributed by atoms with van der Waals surface area (Å²) in [5, 5.41) is 0.522. The van der Waals surface area contributed by atoms with Crippen LogP contribution >= 0.6 is 11.6 Å². The standard InChI is InChI=1S/C18H19ClN2O2/c19-15-6-9-20-17(12-15)18(22)21(16-8-11-23-13-16)10-7-14-4-2-1-3-5-14/h1-6,9,12,16H,7-8,10-11,13H2/t16-/m0/s1. The smallest absolute Gasteiger partial charge is 0.272 e. The van der Waals surface area contributed by atoms with E-state index in [1.165, 1.54) is 5.56 Å². The zero-order valence-electron chi connectivity index (χ0n) is 12.8. The Morgan fingerprint density at radius 3 is 2.83 bits per heavy atom. The maximum absolute atomic E-state index is 12.9. The Morgan fingerprint density at radius 2 is 2.13 bits per heavy atom. The third-order valence-electron chi connectivity index (χ3n) is 4.03. The minimum Gasteiger partial charge on any atom is -0.379 e. The monoisotopic (exact) mass is 330 g/mol. The molecule has 2 aromatic rings. The first kappa shape index (κ1) is 16.0. The van der Waals surface area contributed by atoms with Gasteiger partial charge in [-0.2, -0.15) is 0 Å². The second-order valence-electron chi connectivity index (χ2n) is 5.61. The van der Waals surface area contributed by atoms with Crippen molar-refractivity contribution in [2.75, 3.05) is 19.8 Å². The van der Waals surface area contributed by atoms with Gasteiger partial charge in [-0.15, -0.1) is 0 Å². The van der Waals surface area contributed by atoms with Gasteiger partial charge in [-0.05, 0) is 30.5 Å². The molecule has 0 bridgehead atoms.